The van der Waals surface area contributed by atoms with E-state index in [-0.39, 0.29) is 12.3 Å². The summed E-state index contributed by atoms with van der Waals surface area (Å²) in [6.45, 7) is 2.89. The van der Waals surface area contributed by atoms with E-state index < -0.39 is 0 Å². The molecule has 0 N–H and O–H groups in total. The number of fused-ring (bicyclic) bond motifs is 2. The maximum absolute atomic E-state index is 12.7. The lowest BCUT2D eigenvalue weighted by molar-refractivity contribution is -0.118. The summed E-state index contributed by atoms with van der Waals surface area (Å²) >= 11 is 0. The summed E-state index contributed by atoms with van der Waals surface area (Å²) < 4.78 is 10.8. The predicted molar refractivity (Wildman–Crippen MR) is 84.5 cm³/mol. The monoisotopic (exact) mass is 309 g/mol. The number of anilines is 1. The zero-order chi connectivity index (χ0) is 15.8. The van der Waals surface area contributed by atoms with Crippen molar-refractivity contribution in [1.82, 2.24) is 10.1 Å². The van der Waals surface area contributed by atoms with Crippen LogP contribution in [0.3, 0.4) is 0 Å². The van der Waals surface area contributed by atoms with Crippen LogP contribution in [-0.2, 0) is 11.2 Å². The van der Waals surface area contributed by atoms with Crippen LogP contribution in [0, 0.1) is 6.92 Å². The molecule has 0 unspecified atom stereocenters. The number of aryl methyl sites for hydroxylation is 1. The topological polar surface area (TPSA) is 68.5 Å². The number of ether oxygens (including phenoxy) is 1. The number of benzene rings is 1. The quantitative estimate of drug-likeness (QED) is 0.727. The first-order valence-electron chi connectivity index (χ1n) is 7.45. The fraction of sp³-hybridized carbons (Fsp3) is 0.235. The highest BCUT2D eigenvalue weighted by Crippen LogP contribution is 2.30. The summed E-state index contributed by atoms with van der Waals surface area (Å²) in [6.07, 6.45) is 1.92. The summed E-state index contributed by atoms with van der Waals surface area (Å²) in [7, 11) is 0. The molecule has 1 aliphatic heterocycles. The summed E-state index contributed by atoms with van der Waals surface area (Å²) in [4.78, 5) is 18.7. The fourth-order valence-corrected chi connectivity index (χ4v) is 2.76. The molecular weight excluding hydrogens is 294 g/mol. The van der Waals surface area contributed by atoms with Gasteiger partial charge in [0.1, 0.15) is 18.0 Å². The SMILES string of the molecule is Cc1cnc2c(c1)N(C(=O)Cc1noc3ccccc13)CCO2. The van der Waals surface area contributed by atoms with Gasteiger partial charge in [-0.2, -0.15) is 0 Å². The van der Waals surface area contributed by atoms with Crippen molar-refractivity contribution in [2.24, 2.45) is 0 Å². The maximum atomic E-state index is 12.7. The van der Waals surface area contributed by atoms with Crippen LogP contribution in [0.2, 0.25) is 0 Å². The second kappa shape index (κ2) is 5.39. The van der Waals surface area contributed by atoms with Gasteiger partial charge in [-0.1, -0.05) is 17.3 Å². The molecule has 0 aliphatic carbocycles. The van der Waals surface area contributed by atoms with Crippen LogP contribution in [-0.4, -0.2) is 29.2 Å². The van der Waals surface area contributed by atoms with Gasteiger partial charge in [-0.05, 0) is 30.7 Å². The number of aromatic nitrogens is 2. The number of pyridine rings is 1. The van der Waals surface area contributed by atoms with Crippen molar-refractivity contribution < 1.29 is 14.1 Å². The van der Waals surface area contributed by atoms with Crippen molar-refractivity contribution in [3.63, 3.8) is 0 Å². The van der Waals surface area contributed by atoms with Gasteiger partial charge in [0.2, 0.25) is 11.8 Å². The third-order valence-corrected chi connectivity index (χ3v) is 3.89. The number of nitrogens with zero attached hydrogens (tertiary/aromatic N) is 3. The highest BCUT2D eigenvalue weighted by Gasteiger charge is 2.26. The van der Waals surface area contributed by atoms with Crippen LogP contribution in [0.25, 0.3) is 11.0 Å². The molecule has 0 atom stereocenters. The summed E-state index contributed by atoms with van der Waals surface area (Å²) in [5.41, 5.74) is 3.04. The largest absolute Gasteiger partial charge is 0.474 e. The lowest BCUT2D eigenvalue weighted by Crippen LogP contribution is -2.39. The number of hydrogen-bond acceptors (Lipinski definition) is 5. The smallest absolute Gasteiger partial charge is 0.238 e. The van der Waals surface area contributed by atoms with E-state index in [4.69, 9.17) is 9.26 Å². The average molecular weight is 309 g/mol. The van der Waals surface area contributed by atoms with Gasteiger partial charge in [0.05, 0.1) is 13.0 Å². The molecule has 3 aromatic rings. The van der Waals surface area contributed by atoms with E-state index in [1.165, 1.54) is 0 Å². The first kappa shape index (κ1) is 13.8. The van der Waals surface area contributed by atoms with Gasteiger partial charge < -0.3 is 14.2 Å². The van der Waals surface area contributed by atoms with Crippen molar-refractivity contribution in [3.05, 3.63) is 47.8 Å². The average Bonchev–Trinajstić information content (AvgIpc) is 2.97. The van der Waals surface area contributed by atoms with Gasteiger partial charge in [0.25, 0.3) is 0 Å². The summed E-state index contributed by atoms with van der Waals surface area (Å²) in [5, 5.41) is 4.91. The summed E-state index contributed by atoms with van der Waals surface area (Å²) in [5.74, 6) is 0.459. The number of carbonyl (C=O) groups excluding carboxylic acids is 1. The third-order valence-electron chi connectivity index (χ3n) is 3.89. The van der Waals surface area contributed by atoms with Gasteiger partial charge in [-0.25, -0.2) is 4.98 Å². The molecule has 116 valence electrons. The summed E-state index contributed by atoms with van der Waals surface area (Å²) in [6, 6.07) is 9.46. The lowest BCUT2D eigenvalue weighted by Gasteiger charge is -2.28. The van der Waals surface area contributed by atoms with Gasteiger partial charge in [-0.15, -0.1) is 0 Å². The molecule has 1 aromatic carbocycles. The molecular formula is C17H15N3O3. The number of hydrogen-bond donors (Lipinski definition) is 0. The van der Waals surface area contributed by atoms with Crippen molar-refractivity contribution in [3.8, 4) is 5.88 Å². The van der Waals surface area contributed by atoms with Gasteiger partial charge in [0, 0.05) is 11.6 Å². The van der Waals surface area contributed by atoms with Crippen LogP contribution in [0.1, 0.15) is 11.3 Å². The van der Waals surface area contributed by atoms with Gasteiger partial charge in [0.15, 0.2) is 5.58 Å². The molecule has 0 bridgehead atoms. The van der Waals surface area contributed by atoms with E-state index in [0.29, 0.717) is 36.0 Å². The molecule has 0 saturated heterocycles. The number of amides is 1. The minimum Gasteiger partial charge on any atom is -0.474 e. The minimum absolute atomic E-state index is 0.0407. The van der Waals surface area contributed by atoms with Crippen LogP contribution >= 0.6 is 0 Å². The molecule has 2 aromatic heterocycles. The van der Waals surface area contributed by atoms with E-state index in [0.717, 1.165) is 10.9 Å². The number of para-hydroxylation sites is 1. The molecule has 0 saturated carbocycles. The highest BCUT2D eigenvalue weighted by molar-refractivity contribution is 5.98. The Morgan fingerprint density at radius 1 is 1.35 bits per heavy atom. The minimum atomic E-state index is -0.0407. The Bertz CT molecular complexity index is 888. The molecule has 6 nitrogen and oxygen atoms in total. The molecule has 23 heavy (non-hydrogen) atoms. The first-order valence-corrected chi connectivity index (χ1v) is 7.45. The van der Waals surface area contributed by atoms with Crippen molar-refractivity contribution >= 4 is 22.6 Å². The second-order valence-electron chi connectivity index (χ2n) is 5.53. The normalized spacial score (nSPS) is 13.7. The Morgan fingerprint density at radius 2 is 2.22 bits per heavy atom. The van der Waals surface area contributed by atoms with Crippen LogP contribution < -0.4 is 9.64 Å². The molecule has 0 fully saturated rings. The Morgan fingerprint density at radius 3 is 3.13 bits per heavy atom. The Balaban J connectivity index is 1.64. The zero-order valence-electron chi connectivity index (χ0n) is 12.7. The predicted octanol–water partition coefficient (Wildman–Crippen LogP) is 2.50. The molecule has 0 radical (unpaired) electrons. The van der Waals surface area contributed by atoms with E-state index in [2.05, 4.69) is 10.1 Å². The van der Waals surface area contributed by atoms with E-state index >= 15 is 0 Å². The van der Waals surface area contributed by atoms with Crippen molar-refractivity contribution in [1.29, 1.82) is 0 Å². The first-order chi connectivity index (χ1) is 11.2. The van der Waals surface area contributed by atoms with Gasteiger partial charge >= 0.3 is 0 Å². The third kappa shape index (κ3) is 2.42. The molecule has 1 aliphatic rings. The van der Waals surface area contributed by atoms with Crippen molar-refractivity contribution in [2.75, 3.05) is 18.1 Å². The number of carbonyl (C=O) groups is 1. The maximum Gasteiger partial charge on any atom is 0.238 e. The van der Waals surface area contributed by atoms with E-state index in [1.54, 1.807) is 11.1 Å². The number of rotatable bonds is 2. The molecule has 1 amide bonds. The zero-order valence-corrected chi connectivity index (χ0v) is 12.7. The van der Waals surface area contributed by atoms with E-state index in [1.807, 2.05) is 37.3 Å². The Hall–Kier alpha value is -2.89. The molecule has 3 heterocycles. The van der Waals surface area contributed by atoms with Crippen LogP contribution in [0.5, 0.6) is 5.88 Å². The van der Waals surface area contributed by atoms with Gasteiger partial charge in [-0.3, -0.25) is 4.79 Å². The Labute approximate surface area is 132 Å². The van der Waals surface area contributed by atoms with Crippen LogP contribution in [0.15, 0.2) is 41.1 Å². The highest BCUT2D eigenvalue weighted by atomic mass is 16.5. The Kier molecular flexibility index (Phi) is 3.22. The molecule has 4 rings (SSSR count). The second-order valence-corrected chi connectivity index (χ2v) is 5.53. The molecule has 0 spiro atoms. The van der Waals surface area contributed by atoms with Crippen molar-refractivity contribution in [2.45, 2.75) is 13.3 Å². The van der Waals surface area contributed by atoms with E-state index in [9.17, 15) is 4.79 Å². The van der Waals surface area contributed by atoms with Crippen LogP contribution in [0.4, 0.5) is 5.69 Å². The standard InChI is InChI=1S/C17H15N3O3/c1-11-8-14-17(18-10-11)22-7-6-20(14)16(21)9-13-12-4-2-3-5-15(12)23-19-13/h2-5,8,10H,6-7,9H2,1H3. The fourth-order valence-electron chi connectivity index (χ4n) is 2.76. The lowest BCUT2D eigenvalue weighted by atomic mass is 10.1. The molecule has 6 heteroatoms.